The quantitative estimate of drug-likeness (QED) is 0.739. The topological polar surface area (TPSA) is 49.4 Å². The first kappa shape index (κ1) is 16.4. The van der Waals surface area contributed by atoms with Gasteiger partial charge in [0.25, 0.3) is 11.8 Å². The highest BCUT2D eigenvalue weighted by Crippen LogP contribution is 2.20. The van der Waals surface area contributed by atoms with Crippen LogP contribution in [0.5, 0.6) is 0 Å². The Morgan fingerprint density at radius 2 is 1.92 bits per heavy atom. The van der Waals surface area contributed by atoms with E-state index in [0.717, 1.165) is 4.88 Å². The zero-order valence-electron chi connectivity index (χ0n) is 13.1. The third kappa shape index (κ3) is 3.72. The summed E-state index contributed by atoms with van der Waals surface area (Å²) in [7, 11) is 1.76. The molecule has 2 amide bonds. The number of hydrogen-bond acceptors (Lipinski definition) is 4. The number of benzene rings is 1. The molecule has 0 spiro atoms. The lowest BCUT2D eigenvalue weighted by atomic mass is 10.1. The fourth-order valence-corrected chi connectivity index (χ4v) is 3.67. The Morgan fingerprint density at radius 1 is 1.08 bits per heavy atom. The molecule has 6 heteroatoms. The first-order valence-electron chi connectivity index (χ1n) is 7.35. The first-order chi connectivity index (χ1) is 11.6. The number of nitrogens with one attached hydrogen (secondary N) is 1. The zero-order chi connectivity index (χ0) is 16.9. The van der Waals surface area contributed by atoms with Crippen LogP contribution < -0.4 is 5.32 Å². The van der Waals surface area contributed by atoms with Gasteiger partial charge in [0.15, 0.2) is 0 Å². The molecule has 2 aromatic heterocycles. The van der Waals surface area contributed by atoms with Gasteiger partial charge in [-0.15, -0.1) is 11.3 Å². The number of para-hydroxylation sites is 1. The molecule has 0 saturated heterocycles. The van der Waals surface area contributed by atoms with Crippen molar-refractivity contribution in [2.24, 2.45) is 0 Å². The van der Waals surface area contributed by atoms with Gasteiger partial charge in [-0.2, -0.15) is 11.3 Å². The molecule has 0 fully saturated rings. The SMILES string of the molecule is CN(Cc1cccs1)C(=O)c1ccccc1NC(=O)c1ccsc1. The maximum absolute atomic E-state index is 12.7. The van der Waals surface area contributed by atoms with Gasteiger partial charge in [-0.05, 0) is 35.0 Å². The molecular formula is C18H16N2O2S2. The molecule has 0 aliphatic rings. The molecule has 0 aliphatic heterocycles. The molecule has 0 aliphatic carbocycles. The average molecular weight is 356 g/mol. The summed E-state index contributed by atoms with van der Waals surface area (Å²) < 4.78 is 0. The van der Waals surface area contributed by atoms with Crippen LogP contribution >= 0.6 is 22.7 Å². The lowest BCUT2D eigenvalue weighted by Crippen LogP contribution is -2.27. The van der Waals surface area contributed by atoms with Crippen molar-refractivity contribution < 1.29 is 9.59 Å². The van der Waals surface area contributed by atoms with Crippen molar-refractivity contribution in [3.05, 3.63) is 74.6 Å². The third-order valence-corrected chi connectivity index (χ3v) is 5.05. The zero-order valence-corrected chi connectivity index (χ0v) is 14.7. The summed E-state index contributed by atoms with van der Waals surface area (Å²) in [4.78, 5) is 27.8. The fourth-order valence-electron chi connectivity index (χ4n) is 2.28. The van der Waals surface area contributed by atoms with E-state index in [1.807, 2.05) is 22.9 Å². The number of anilines is 1. The molecule has 0 saturated carbocycles. The van der Waals surface area contributed by atoms with Crippen molar-refractivity contribution in [3.8, 4) is 0 Å². The largest absolute Gasteiger partial charge is 0.336 e. The molecule has 1 N–H and O–H groups in total. The van der Waals surface area contributed by atoms with Crippen molar-refractivity contribution in [1.82, 2.24) is 4.90 Å². The number of hydrogen-bond donors (Lipinski definition) is 1. The van der Waals surface area contributed by atoms with Gasteiger partial charge < -0.3 is 10.2 Å². The molecule has 24 heavy (non-hydrogen) atoms. The molecule has 0 bridgehead atoms. The maximum Gasteiger partial charge on any atom is 0.256 e. The van der Waals surface area contributed by atoms with Crippen molar-refractivity contribution in [2.45, 2.75) is 6.54 Å². The molecule has 3 rings (SSSR count). The second-order valence-electron chi connectivity index (χ2n) is 5.25. The number of carbonyl (C=O) groups is 2. The molecule has 122 valence electrons. The summed E-state index contributed by atoms with van der Waals surface area (Å²) in [6.45, 7) is 0.545. The highest BCUT2D eigenvalue weighted by atomic mass is 32.1. The first-order valence-corrected chi connectivity index (χ1v) is 9.18. The van der Waals surface area contributed by atoms with E-state index >= 15 is 0 Å². The molecule has 0 radical (unpaired) electrons. The smallest absolute Gasteiger partial charge is 0.256 e. The van der Waals surface area contributed by atoms with E-state index < -0.39 is 0 Å². The molecular weight excluding hydrogens is 340 g/mol. The lowest BCUT2D eigenvalue weighted by Gasteiger charge is -2.18. The highest BCUT2D eigenvalue weighted by molar-refractivity contribution is 7.09. The minimum absolute atomic E-state index is 0.121. The van der Waals surface area contributed by atoms with Crippen LogP contribution in [0.1, 0.15) is 25.6 Å². The van der Waals surface area contributed by atoms with Gasteiger partial charge in [-0.1, -0.05) is 18.2 Å². The van der Waals surface area contributed by atoms with Gasteiger partial charge in [0.2, 0.25) is 0 Å². The van der Waals surface area contributed by atoms with Crippen LogP contribution in [-0.4, -0.2) is 23.8 Å². The minimum atomic E-state index is -0.211. The van der Waals surface area contributed by atoms with E-state index in [2.05, 4.69) is 5.32 Å². The number of nitrogens with zero attached hydrogens (tertiary/aromatic N) is 1. The van der Waals surface area contributed by atoms with E-state index in [0.29, 0.717) is 23.4 Å². The molecule has 0 atom stereocenters. The maximum atomic E-state index is 12.7. The third-order valence-electron chi connectivity index (χ3n) is 3.51. The van der Waals surface area contributed by atoms with Crippen LogP contribution in [-0.2, 0) is 6.54 Å². The number of amides is 2. The summed E-state index contributed by atoms with van der Waals surface area (Å²) in [5.41, 5.74) is 1.60. The summed E-state index contributed by atoms with van der Waals surface area (Å²) in [6.07, 6.45) is 0. The average Bonchev–Trinajstić information content (AvgIpc) is 3.28. The standard InChI is InChI=1S/C18H16N2O2S2/c1-20(11-14-5-4-9-24-14)18(22)15-6-2-3-7-16(15)19-17(21)13-8-10-23-12-13/h2-10,12H,11H2,1H3,(H,19,21). The Morgan fingerprint density at radius 3 is 2.62 bits per heavy atom. The van der Waals surface area contributed by atoms with Crippen molar-refractivity contribution in [2.75, 3.05) is 12.4 Å². The molecule has 1 aromatic carbocycles. The van der Waals surface area contributed by atoms with E-state index in [9.17, 15) is 9.59 Å². The number of thiophene rings is 2. The van der Waals surface area contributed by atoms with Gasteiger partial charge in [-0.3, -0.25) is 9.59 Å². The van der Waals surface area contributed by atoms with Gasteiger partial charge >= 0.3 is 0 Å². The summed E-state index contributed by atoms with van der Waals surface area (Å²) in [6, 6.07) is 12.8. The van der Waals surface area contributed by atoms with E-state index in [1.165, 1.54) is 11.3 Å². The van der Waals surface area contributed by atoms with Crippen LogP contribution in [0, 0.1) is 0 Å². The molecule has 4 nitrogen and oxygen atoms in total. The Balaban J connectivity index is 1.78. The van der Waals surface area contributed by atoms with Crippen LogP contribution in [0.15, 0.2) is 58.6 Å². The van der Waals surface area contributed by atoms with Gasteiger partial charge in [0, 0.05) is 17.3 Å². The summed E-state index contributed by atoms with van der Waals surface area (Å²) >= 11 is 3.08. The van der Waals surface area contributed by atoms with Crippen LogP contribution in [0.3, 0.4) is 0 Å². The normalized spacial score (nSPS) is 10.4. The Hall–Kier alpha value is -2.44. The summed E-state index contributed by atoms with van der Waals surface area (Å²) in [5.74, 6) is -0.331. The fraction of sp³-hybridized carbons (Fsp3) is 0.111. The van der Waals surface area contributed by atoms with Crippen molar-refractivity contribution in [1.29, 1.82) is 0 Å². The van der Waals surface area contributed by atoms with E-state index in [4.69, 9.17) is 0 Å². The Labute approximate surface area is 148 Å². The van der Waals surface area contributed by atoms with E-state index in [-0.39, 0.29) is 11.8 Å². The second-order valence-corrected chi connectivity index (χ2v) is 7.06. The molecule has 2 heterocycles. The predicted octanol–water partition coefficient (Wildman–Crippen LogP) is 4.33. The second kappa shape index (κ2) is 7.42. The minimum Gasteiger partial charge on any atom is -0.336 e. The molecule has 3 aromatic rings. The highest BCUT2D eigenvalue weighted by Gasteiger charge is 2.18. The van der Waals surface area contributed by atoms with Gasteiger partial charge in [-0.25, -0.2) is 0 Å². The predicted molar refractivity (Wildman–Crippen MR) is 98.8 cm³/mol. The van der Waals surface area contributed by atoms with Crippen molar-refractivity contribution >= 4 is 40.2 Å². The number of rotatable bonds is 5. The molecule has 0 unspecified atom stereocenters. The van der Waals surface area contributed by atoms with Gasteiger partial charge in [0.1, 0.15) is 0 Å². The summed E-state index contributed by atoms with van der Waals surface area (Å²) in [5, 5.41) is 8.45. The van der Waals surface area contributed by atoms with Crippen LogP contribution in [0.25, 0.3) is 0 Å². The Bertz CT molecular complexity index is 827. The van der Waals surface area contributed by atoms with Gasteiger partial charge in [0.05, 0.1) is 23.4 Å². The van der Waals surface area contributed by atoms with E-state index in [1.54, 1.807) is 59.0 Å². The van der Waals surface area contributed by atoms with Crippen LogP contribution in [0.2, 0.25) is 0 Å². The van der Waals surface area contributed by atoms with Crippen molar-refractivity contribution in [3.63, 3.8) is 0 Å². The lowest BCUT2D eigenvalue weighted by molar-refractivity contribution is 0.0787. The Kier molecular flexibility index (Phi) is 5.08. The monoisotopic (exact) mass is 356 g/mol. The van der Waals surface area contributed by atoms with Crippen LogP contribution in [0.4, 0.5) is 5.69 Å². The number of carbonyl (C=O) groups excluding carboxylic acids is 2.